The van der Waals surface area contributed by atoms with Gasteiger partial charge in [0, 0.05) is 21.4 Å². The zero-order chi connectivity index (χ0) is 17.4. The first-order valence-corrected chi connectivity index (χ1v) is 8.89. The van der Waals surface area contributed by atoms with Crippen LogP contribution in [0, 0.1) is 0 Å². The molecule has 0 aliphatic heterocycles. The number of aromatic nitrogens is 1. The summed E-state index contributed by atoms with van der Waals surface area (Å²) in [5.74, 6) is -0.432. The van der Waals surface area contributed by atoms with Gasteiger partial charge in [-0.15, -0.1) is 0 Å². The summed E-state index contributed by atoms with van der Waals surface area (Å²) in [5.41, 5.74) is 2.30. The van der Waals surface area contributed by atoms with Gasteiger partial charge in [-0.2, -0.15) is 0 Å². The molecule has 0 unspecified atom stereocenters. The van der Waals surface area contributed by atoms with Crippen LogP contribution < -0.4 is 10.6 Å². The molecule has 0 spiro atoms. The zero-order valence-electron chi connectivity index (χ0n) is 13.3. The van der Waals surface area contributed by atoms with Gasteiger partial charge in [-0.25, -0.2) is 0 Å². The lowest BCUT2D eigenvalue weighted by Crippen LogP contribution is -2.27. The van der Waals surface area contributed by atoms with Crippen LogP contribution in [0.1, 0.15) is 33.7 Å². The van der Waals surface area contributed by atoms with Crippen molar-refractivity contribution in [2.24, 2.45) is 0 Å². The summed E-state index contributed by atoms with van der Waals surface area (Å²) in [5, 5.41) is 6.73. The Bertz CT molecular complexity index is 976. The third-order valence-corrected chi connectivity index (χ3v) is 4.65. The molecule has 6 heteroatoms. The molecular weight excluding hydrogens is 382 g/mol. The van der Waals surface area contributed by atoms with Crippen molar-refractivity contribution in [3.05, 3.63) is 64.3 Å². The van der Waals surface area contributed by atoms with Crippen LogP contribution in [0.2, 0.25) is 0 Å². The molecular formula is C19H16BrN3O2. The van der Waals surface area contributed by atoms with Gasteiger partial charge in [0.15, 0.2) is 0 Å². The van der Waals surface area contributed by atoms with Gasteiger partial charge in [0.05, 0.1) is 11.3 Å². The Morgan fingerprint density at radius 3 is 2.64 bits per heavy atom. The van der Waals surface area contributed by atoms with Gasteiger partial charge in [-0.3, -0.25) is 9.59 Å². The minimum absolute atomic E-state index is 0.154. The number of hydrogen-bond donors (Lipinski definition) is 3. The largest absolute Gasteiger partial charge is 0.350 e. The molecule has 0 saturated heterocycles. The lowest BCUT2D eigenvalue weighted by atomic mass is 10.1. The fourth-order valence-corrected chi connectivity index (χ4v) is 3.05. The van der Waals surface area contributed by atoms with Gasteiger partial charge in [0.25, 0.3) is 11.8 Å². The van der Waals surface area contributed by atoms with Crippen LogP contribution in [0.5, 0.6) is 0 Å². The molecule has 2 aromatic carbocycles. The predicted molar refractivity (Wildman–Crippen MR) is 101 cm³/mol. The second-order valence-electron chi connectivity index (χ2n) is 6.16. The number of amides is 2. The second-order valence-corrected chi connectivity index (χ2v) is 7.08. The number of rotatable bonds is 4. The molecule has 0 radical (unpaired) electrons. The molecule has 1 saturated carbocycles. The van der Waals surface area contributed by atoms with Crippen LogP contribution in [0.15, 0.2) is 53.0 Å². The van der Waals surface area contributed by atoms with E-state index in [0.29, 0.717) is 16.9 Å². The summed E-state index contributed by atoms with van der Waals surface area (Å²) in [7, 11) is 0. The Labute approximate surface area is 152 Å². The van der Waals surface area contributed by atoms with Crippen molar-refractivity contribution in [2.45, 2.75) is 18.9 Å². The fourth-order valence-electron chi connectivity index (χ4n) is 2.69. The Morgan fingerprint density at radius 2 is 1.84 bits per heavy atom. The standard InChI is InChI=1S/C19H16BrN3O2/c20-12-6-5-11-9-17(22-16(11)10-12)19(25)23-15-4-2-1-3-14(15)18(24)21-13-7-8-13/h1-6,9-10,13,22H,7-8H2,(H,21,24)(H,23,25). The number of anilines is 1. The number of fused-ring (bicyclic) bond motifs is 1. The third-order valence-electron chi connectivity index (χ3n) is 4.16. The number of carbonyl (C=O) groups excluding carboxylic acids is 2. The van der Waals surface area contributed by atoms with Crippen LogP contribution in [0.3, 0.4) is 0 Å². The molecule has 1 aliphatic carbocycles. The topological polar surface area (TPSA) is 74.0 Å². The van der Waals surface area contributed by atoms with Crippen LogP contribution in [0.25, 0.3) is 10.9 Å². The maximum atomic E-state index is 12.6. The van der Waals surface area contributed by atoms with Crippen LogP contribution in [-0.4, -0.2) is 22.8 Å². The van der Waals surface area contributed by atoms with Gasteiger partial charge in [-0.05, 0) is 43.2 Å². The van der Waals surface area contributed by atoms with Gasteiger partial charge < -0.3 is 15.6 Å². The molecule has 126 valence electrons. The van der Waals surface area contributed by atoms with Crippen molar-refractivity contribution in [3.8, 4) is 0 Å². The third kappa shape index (κ3) is 3.44. The normalized spacial score (nSPS) is 13.6. The van der Waals surface area contributed by atoms with Gasteiger partial charge in [0.2, 0.25) is 0 Å². The average Bonchev–Trinajstić information content (AvgIpc) is 3.31. The van der Waals surface area contributed by atoms with Gasteiger partial charge >= 0.3 is 0 Å². The number of carbonyl (C=O) groups is 2. The molecule has 1 heterocycles. The minimum Gasteiger partial charge on any atom is -0.350 e. The van der Waals surface area contributed by atoms with E-state index in [-0.39, 0.29) is 17.9 Å². The van der Waals surface area contributed by atoms with Crippen molar-refractivity contribution in [2.75, 3.05) is 5.32 Å². The van der Waals surface area contributed by atoms with Gasteiger partial charge in [-0.1, -0.05) is 34.1 Å². The van der Waals surface area contributed by atoms with E-state index in [2.05, 4.69) is 31.5 Å². The lowest BCUT2D eigenvalue weighted by Gasteiger charge is -2.10. The Hall–Kier alpha value is -2.60. The van der Waals surface area contributed by atoms with E-state index in [1.54, 1.807) is 30.3 Å². The van der Waals surface area contributed by atoms with E-state index in [1.165, 1.54) is 0 Å². The number of benzene rings is 2. The van der Waals surface area contributed by atoms with Crippen LogP contribution in [-0.2, 0) is 0 Å². The minimum atomic E-state index is -0.279. The highest BCUT2D eigenvalue weighted by molar-refractivity contribution is 9.10. The van der Waals surface area contributed by atoms with E-state index in [1.807, 2.05) is 18.2 Å². The molecule has 0 bridgehead atoms. The zero-order valence-corrected chi connectivity index (χ0v) is 14.9. The first-order valence-electron chi connectivity index (χ1n) is 8.10. The quantitative estimate of drug-likeness (QED) is 0.620. The maximum absolute atomic E-state index is 12.6. The number of nitrogens with one attached hydrogen (secondary N) is 3. The Balaban J connectivity index is 1.58. The van der Waals surface area contributed by atoms with Crippen molar-refractivity contribution in [1.29, 1.82) is 0 Å². The molecule has 5 nitrogen and oxygen atoms in total. The first kappa shape index (κ1) is 15.9. The van der Waals surface area contributed by atoms with Crippen molar-refractivity contribution in [1.82, 2.24) is 10.3 Å². The van der Waals surface area contributed by atoms with E-state index in [9.17, 15) is 9.59 Å². The Morgan fingerprint density at radius 1 is 1.04 bits per heavy atom. The highest BCUT2D eigenvalue weighted by atomic mass is 79.9. The summed E-state index contributed by atoms with van der Waals surface area (Å²) in [4.78, 5) is 28.0. The van der Waals surface area contributed by atoms with E-state index in [4.69, 9.17) is 0 Å². The molecule has 1 fully saturated rings. The van der Waals surface area contributed by atoms with Gasteiger partial charge in [0.1, 0.15) is 5.69 Å². The van der Waals surface area contributed by atoms with E-state index < -0.39 is 0 Å². The fraction of sp³-hybridized carbons (Fsp3) is 0.158. The number of halogens is 1. The molecule has 2 amide bonds. The van der Waals surface area contributed by atoms with Crippen molar-refractivity contribution < 1.29 is 9.59 Å². The molecule has 1 aliphatic rings. The maximum Gasteiger partial charge on any atom is 0.272 e. The molecule has 3 N–H and O–H groups in total. The molecule has 25 heavy (non-hydrogen) atoms. The Kier molecular flexibility index (Phi) is 4.05. The van der Waals surface area contributed by atoms with Crippen LogP contribution in [0.4, 0.5) is 5.69 Å². The second kappa shape index (κ2) is 6.37. The van der Waals surface area contributed by atoms with Crippen molar-refractivity contribution in [3.63, 3.8) is 0 Å². The summed E-state index contributed by atoms with van der Waals surface area (Å²) in [6.07, 6.45) is 2.04. The number of hydrogen-bond acceptors (Lipinski definition) is 2. The molecule has 0 atom stereocenters. The lowest BCUT2D eigenvalue weighted by molar-refractivity contribution is 0.0952. The number of H-pyrrole nitrogens is 1. The molecule has 1 aromatic heterocycles. The number of aromatic amines is 1. The summed E-state index contributed by atoms with van der Waals surface area (Å²) in [6, 6.07) is 14.9. The highest BCUT2D eigenvalue weighted by Crippen LogP contribution is 2.23. The molecule has 3 aromatic rings. The summed E-state index contributed by atoms with van der Waals surface area (Å²) in [6.45, 7) is 0. The van der Waals surface area contributed by atoms with E-state index in [0.717, 1.165) is 28.2 Å². The molecule has 4 rings (SSSR count). The van der Waals surface area contributed by atoms with Crippen molar-refractivity contribution >= 4 is 44.3 Å². The highest BCUT2D eigenvalue weighted by Gasteiger charge is 2.25. The summed E-state index contributed by atoms with van der Waals surface area (Å²) >= 11 is 3.42. The summed E-state index contributed by atoms with van der Waals surface area (Å²) < 4.78 is 0.941. The first-order chi connectivity index (χ1) is 12.1. The smallest absolute Gasteiger partial charge is 0.272 e. The predicted octanol–water partition coefficient (Wildman–Crippen LogP) is 4.07. The SMILES string of the molecule is O=C(Nc1ccccc1C(=O)NC1CC1)c1cc2ccc(Br)cc2[nH]1. The monoisotopic (exact) mass is 397 g/mol. The van der Waals surface area contributed by atoms with Crippen LogP contribution >= 0.6 is 15.9 Å². The number of para-hydroxylation sites is 1. The van der Waals surface area contributed by atoms with E-state index >= 15 is 0 Å². The average molecular weight is 398 g/mol.